The quantitative estimate of drug-likeness (QED) is 0.194. The van der Waals surface area contributed by atoms with E-state index in [-0.39, 0.29) is 0 Å². The molecule has 0 atom stereocenters. The third-order valence-corrected chi connectivity index (χ3v) is 9.97. The number of fused-ring (bicyclic) bond motifs is 8. The first-order chi connectivity index (χ1) is 21.2. The zero-order chi connectivity index (χ0) is 28.5. The Kier molecular flexibility index (Phi) is 5.52. The fourth-order valence-corrected chi connectivity index (χ4v) is 7.90. The molecule has 3 aromatic heterocycles. The fraction of sp³-hybridized carbons (Fsp3) is 0. The summed E-state index contributed by atoms with van der Waals surface area (Å²) in [6.07, 6.45) is 0. The number of benzene rings is 6. The van der Waals surface area contributed by atoms with Crippen LogP contribution in [0.4, 0.5) is 0 Å². The molecule has 43 heavy (non-hydrogen) atoms. The van der Waals surface area contributed by atoms with Crippen LogP contribution in [0, 0.1) is 0 Å². The van der Waals surface area contributed by atoms with E-state index in [2.05, 4.69) is 154 Å². The van der Waals surface area contributed by atoms with Crippen molar-refractivity contribution in [3.05, 3.63) is 138 Å². The van der Waals surface area contributed by atoms with Crippen molar-refractivity contribution in [2.75, 3.05) is 0 Å². The van der Waals surface area contributed by atoms with E-state index in [0.717, 1.165) is 37.7 Å². The van der Waals surface area contributed by atoms with E-state index in [9.17, 15) is 0 Å². The molecule has 5 heteroatoms. The second-order valence-corrected chi connectivity index (χ2v) is 12.7. The molecule has 3 nitrogen and oxygen atoms in total. The summed E-state index contributed by atoms with van der Waals surface area (Å²) in [5, 5.41) is 7.12. The molecule has 0 spiro atoms. The van der Waals surface area contributed by atoms with Crippen LogP contribution in [0.1, 0.15) is 0 Å². The highest BCUT2D eigenvalue weighted by Gasteiger charge is 2.20. The first-order valence-corrected chi connectivity index (χ1v) is 15.8. The highest BCUT2D eigenvalue weighted by molar-refractivity contribution is 9.10. The smallest absolute Gasteiger partial charge is 0.235 e. The summed E-state index contributed by atoms with van der Waals surface area (Å²) in [7, 11) is 0. The van der Waals surface area contributed by atoms with Gasteiger partial charge in [0.15, 0.2) is 0 Å². The van der Waals surface area contributed by atoms with Crippen LogP contribution in [-0.2, 0) is 0 Å². The Hall–Kier alpha value is -4.84. The molecule has 0 amide bonds. The molecule has 0 aliphatic rings. The number of aromatic nitrogens is 3. The van der Waals surface area contributed by atoms with Gasteiger partial charge in [-0.1, -0.05) is 113 Å². The Morgan fingerprint density at radius 2 is 1.28 bits per heavy atom. The maximum Gasteiger partial charge on any atom is 0.235 e. The molecule has 202 valence electrons. The number of halogens is 1. The van der Waals surface area contributed by atoms with E-state index in [4.69, 9.17) is 9.97 Å². The summed E-state index contributed by atoms with van der Waals surface area (Å²) >= 11 is 5.53. The molecule has 0 saturated heterocycles. The summed E-state index contributed by atoms with van der Waals surface area (Å²) in [6, 6.07) is 47.2. The molecule has 3 heterocycles. The van der Waals surface area contributed by atoms with Crippen LogP contribution in [0.5, 0.6) is 0 Å². The lowest BCUT2D eigenvalue weighted by molar-refractivity contribution is 1.01. The Balaban J connectivity index is 1.40. The van der Waals surface area contributed by atoms with Crippen LogP contribution in [0.25, 0.3) is 81.2 Å². The van der Waals surface area contributed by atoms with Crippen molar-refractivity contribution in [1.29, 1.82) is 0 Å². The van der Waals surface area contributed by atoms with Gasteiger partial charge in [0, 0.05) is 35.8 Å². The van der Waals surface area contributed by atoms with E-state index in [0.29, 0.717) is 5.95 Å². The van der Waals surface area contributed by atoms with Crippen LogP contribution >= 0.6 is 27.3 Å². The average molecular weight is 633 g/mol. The largest absolute Gasteiger partial charge is 0.278 e. The molecular formula is C38H22BrN3S. The SMILES string of the molecule is Brc1ccc2c(c1)c1c3ccccc3ccc1n2-c1nc(-c2ccccc2)c2c(ccc3cc(-c4ccccc4)sc32)n1. The van der Waals surface area contributed by atoms with Gasteiger partial charge in [-0.05, 0) is 58.1 Å². The van der Waals surface area contributed by atoms with E-state index >= 15 is 0 Å². The predicted molar refractivity (Wildman–Crippen MR) is 185 cm³/mol. The molecule has 0 aliphatic carbocycles. The molecule has 0 unspecified atom stereocenters. The average Bonchev–Trinajstić information content (AvgIpc) is 3.65. The third-order valence-electron chi connectivity index (χ3n) is 8.26. The lowest BCUT2D eigenvalue weighted by atomic mass is 10.0. The third kappa shape index (κ3) is 3.86. The van der Waals surface area contributed by atoms with Crippen LogP contribution in [0.15, 0.2) is 138 Å². The van der Waals surface area contributed by atoms with Gasteiger partial charge < -0.3 is 0 Å². The van der Waals surface area contributed by atoms with E-state index in [1.165, 1.54) is 42.1 Å². The van der Waals surface area contributed by atoms with Crippen molar-refractivity contribution in [2.24, 2.45) is 0 Å². The van der Waals surface area contributed by atoms with Crippen molar-refractivity contribution in [3.8, 4) is 27.6 Å². The maximum atomic E-state index is 5.40. The molecule has 9 aromatic rings. The molecule has 0 radical (unpaired) electrons. The second-order valence-electron chi connectivity index (χ2n) is 10.8. The number of thiophene rings is 1. The molecule has 0 saturated carbocycles. The van der Waals surface area contributed by atoms with Crippen molar-refractivity contribution in [2.45, 2.75) is 0 Å². The second kappa shape index (κ2) is 9.60. The van der Waals surface area contributed by atoms with Gasteiger partial charge in [-0.2, -0.15) is 0 Å². The van der Waals surface area contributed by atoms with Gasteiger partial charge >= 0.3 is 0 Å². The molecule has 0 aliphatic heterocycles. The zero-order valence-corrected chi connectivity index (χ0v) is 25.2. The molecule has 0 bridgehead atoms. The topological polar surface area (TPSA) is 30.7 Å². The van der Waals surface area contributed by atoms with Gasteiger partial charge in [-0.3, -0.25) is 4.57 Å². The first-order valence-electron chi connectivity index (χ1n) is 14.2. The van der Waals surface area contributed by atoms with Gasteiger partial charge in [-0.25, -0.2) is 9.97 Å². The summed E-state index contributed by atoms with van der Waals surface area (Å²) in [6.45, 7) is 0. The van der Waals surface area contributed by atoms with Crippen molar-refractivity contribution in [3.63, 3.8) is 0 Å². The normalized spacial score (nSPS) is 11.8. The first kappa shape index (κ1) is 24.7. The Labute approximate surface area is 259 Å². The standard InChI is InChI=1S/C38H22BrN3S/c39-27-17-20-31-29(22-27)34-28-14-8-7-9-23(28)16-19-32(34)42(31)38-40-30-18-15-26-21-33(24-10-3-1-4-11-24)43-37(26)35(30)36(41-38)25-12-5-2-6-13-25/h1-22H. The van der Waals surface area contributed by atoms with Gasteiger partial charge in [0.2, 0.25) is 5.95 Å². The summed E-state index contributed by atoms with van der Waals surface area (Å²) < 4.78 is 4.48. The minimum atomic E-state index is 0.670. The fourth-order valence-electron chi connectivity index (χ4n) is 6.33. The number of rotatable bonds is 3. The number of nitrogens with zero attached hydrogens (tertiary/aromatic N) is 3. The Morgan fingerprint density at radius 1 is 0.558 bits per heavy atom. The van der Waals surface area contributed by atoms with E-state index in [1.54, 1.807) is 0 Å². The monoisotopic (exact) mass is 631 g/mol. The maximum absolute atomic E-state index is 5.40. The lowest BCUT2D eigenvalue weighted by Gasteiger charge is -2.12. The lowest BCUT2D eigenvalue weighted by Crippen LogP contribution is -2.03. The Bertz CT molecular complexity index is 2510. The minimum Gasteiger partial charge on any atom is -0.278 e. The van der Waals surface area contributed by atoms with Crippen LogP contribution < -0.4 is 0 Å². The predicted octanol–water partition coefficient (Wildman–Crippen LogP) is 11.2. The number of hydrogen-bond acceptors (Lipinski definition) is 3. The molecule has 9 rings (SSSR count). The van der Waals surface area contributed by atoms with Crippen LogP contribution in [0.3, 0.4) is 0 Å². The van der Waals surface area contributed by atoms with Crippen molar-refractivity contribution < 1.29 is 0 Å². The van der Waals surface area contributed by atoms with Crippen LogP contribution in [-0.4, -0.2) is 14.5 Å². The van der Waals surface area contributed by atoms with E-state index in [1.807, 2.05) is 11.3 Å². The molecular weight excluding hydrogens is 610 g/mol. The zero-order valence-electron chi connectivity index (χ0n) is 22.8. The summed E-state index contributed by atoms with van der Waals surface area (Å²) in [5.74, 6) is 0.670. The minimum absolute atomic E-state index is 0.670. The van der Waals surface area contributed by atoms with Gasteiger partial charge in [-0.15, -0.1) is 11.3 Å². The van der Waals surface area contributed by atoms with Crippen molar-refractivity contribution in [1.82, 2.24) is 14.5 Å². The molecule has 0 fully saturated rings. The summed E-state index contributed by atoms with van der Waals surface area (Å²) in [5.41, 5.74) is 6.35. The summed E-state index contributed by atoms with van der Waals surface area (Å²) in [4.78, 5) is 11.9. The Morgan fingerprint density at radius 3 is 2.12 bits per heavy atom. The molecule has 0 N–H and O–H groups in total. The van der Waals surface area contributed by atoms with E-state index < -0.39 is 0 Å². The van der Waals surface area contributed by atoms with Gasteiger partial charge in [0.1, 0.15) is 0 Å². The van der Waals surface area contributed by atoms with Crippen molar-refractivity contribution >= 4 is 80.8 Å². The van der Waals surface area contributed by atoms with Gasteiger partial charge in [0.05, 0.1) is 22.2 Å². The number of hydrogen-bond donors (Lipinski definition) is 0. The molecule has 6 aromatic carbocycles. The van der Waals surface area contributed by atoms with Gasteiger partial charge in [0.25, 0.3) is 0 Å². The highest BCUT2D eigenvalue weighted by Crippen LogP contribution is 2.42. The highest BCUT2D eigenvalue weighted by atomic mass is 79.9. The van der Waals surface area contributed by atoms with Crippen LogP contribution in [0.2, 0.25) is 0 Å².